The summed E-state index contributed by atoms with van der Waals surface area (Å²) in [6.45, 7) is 13.1. The first-order chi connectivity index (χ1) is 21.7. The summed E-state index contributed by atoms with van der Waals surface area (Å²) in [6.07, 6.45) is 3.54. The van der Waals surface area contributed by atoms with E-state index in [1.54, 1.807) is 23.4 Å². The summed E-state index contributed by atoms with van der Waals surface area (Å²) in [5, 5.41) is 12.7. The van der Waals surface area contributed by atoms with Gasteiger partial charge in [0.05, 0.1) is 22.9 Å². The molecule has 2 atom stereocenters. The second-order valence-electron chi connectivity index (χ2n) is 12.0. The van der Waals surface area contributed by atoms with Crippen molar-refractivity contribution >= 4 is 56.0 Å². The molecule has 4 heterocycles. The number of phenols is 1. The van der Waals surface area contributed by atoms with Gasteiger partial charge in [0.15, 0.2) is 11.6 Å². The molecule has 1 amide bonds. The fourth-order valence-corrected chi connectivity index (χ4v) is 7.10. The lowest BCUT2D eigenvalue weighted by atomic mass is 9.95. The molecule has 0 aliphatic carbocycles. The number of fused-ring (bicyclic) bond motifs is 4. The Morgan fingerprint density at radius 1 is 1.20 bits per heavy atom. The average molecular weight is 624 g/mol. The maximum atomic E-state index is 17.0. The summed E-state index contributed by atoms with van der Waals surface area (Å²) in [5.41, 5.74) is 2.08. The SMILES string of the molecule is [C-]#[N+]C[C@H]1C[C@@H](n2cnc3c(N4CC(N(C)C)C4)nc4c(F)c(-c5cc(O)cc6ccccc56)c(Cl)cc4c32)CN1C(=O)C=C. The number of likely N-dealkylation sites (tertiary alicyclic amines) is 1. The zero-order valence-corrected chi connectivity index (χ0v) is 25.7. The molecule has 7 rings (SSSR count). The first-order valence-corrected chi connectivity index (χ1v) is 15.2. The van der Waals surface area contributed by atoms with Crippen LogP contribution >= 0.6 is 11.6 Å². The lowest BCUT2D eigenvalue weighted by Crippen LogP contribution is -2.57. The second kappa shape index (κ2) is 11.0. The van der Waals surface area contributed by atoms with Crippen LogP contribution in [-0.2, 0) is 4.79 Å². The largest absolute Gasteiger partial charge is 0.508 e. The molecule has 45 heavy (non-hydrogen) atoms. The number of pyridine rings is 1. The summed E-state index contributed by atoms with van der Waals surface area (Å²) >= 11 is 6.93. The zero-order chi connectivity index (χ0) is 31.6. The molecular formula is C34H31ClFN7O2. The van der Waals surface area contributed by atoms with Crippen molar-refractivity contribution in [1.29, 1.82) is 0 Å². The van der Waals surface area contributed by atoms with Gasteiger partial charge in [0.2, 0.25) is 12.5 Å². The van der Waals surface area contributed by atoms with Gasteiger partial charge in [-0.25, -0.2) is 20.9 Å². The van der Waals surface area contributed by atoms with Gasteiger partial charge in [-0.2, -0.15) is 0 Å². The number of hydrogen-bond acceptors (Lipinski definition) is 6. The summed E-state index contributed by atoms with van der Waals surface area (Å²) in [7, 11) is 4.06. The Morgan fingerprint density at radius 3 is 2.71 bits per heavy atom. The number of aromatic hydroxyl groups is 1. The van der Waals surface area contributed by atoms with Crippen LogP contribution < -0.4 is 4.90 Å². The molecule has 3 aromatic carbocycles. The maximum Gasteiger partial charge on any atom is 0.246 e. The van der Waals surface area contributed by atoms with E-state index in [1.807, 2.05) is 42.9 Å². The van der Waals surface area contributed by atoms with Crippen LogP contribution in [0.25, 0.3) is 48.7 Å². The van der Waals surface area contributed by atoms with Crippen LogP contribution in [0.15, 0.2) is 61.4 Å². The maximum absolute atomic E-state index is 17.0. The first-order valence-electron chi connectivity index (χ1n) is 14.8. The molecule has 5 aromatic rings. The fraction of sp³-hybridized carbons (Fsp3) is 0.294. The molecule has 2 aliphatic rings. The van der Waals surface area contributed by atoms with E-state index in [4.69, 9.17) is 28.1 Å². The minimum Gasteiger partial charge on any atom is -0.508 e. The normalized spacial score (nSPS) is 18.7. The number of amides is 1. The van der Waals surface area contributed by atoms with Crippen LogP contribution in [0.2, 0.25) is 5.02 Å². The number of carbonyl (C=O) groups excluding carboxylic acids is 1. The molecule has 2 fully saturated rings. The number of rotatable bonds is 6. The highest BCUT2D eigenvalue weighted by atomic mass is 35.5. The van der Waals surface area contributed by atoms with E-state index in [-0.39, 0.29) is 46.4 Å². The Labute approximate surface area is 264 Å². The van der Waals surface area contributed by atoms with Gasteiger partial charge in [-0.1, -0.05) is 42.4 Å². The van der Waals surface area contributed by atoms with Crippen LogP contribution in [0.3, 0.4) is 0 Å². The van der Waals surface area contributed by atoms with E-state index < -0.39 is 5.82 Å². The molecule has 9 nitrogen and oxygen atoms in total. The minimum absolute atomic E-state index is 0.00516. The Kier molecular flexibility index (Phi) is 7.10. The molecule has 0 spiro atoms. The lowest BCUT2D eigenvalue weighted by molar-refractivity contribution is -0.126. The lowest BCUT2D eigenvalue weighted by Gasteiger charge is -2.43. The number of benzene rings is 3. The highest BCUT2D eigenvalue weighted by molar-refractivity contribution is 6.35. The van der Waals surface area contributed by atoms with E-state index in [9.17, 15) is 9.90 Å². The van der Waals surface area contributed by atoms with Gasteiger partial charge >= 0.3 is 0 Å². The zero-order valence-electron chi connectivity index (χ0n) is 24.9. The van der Waals surface area contributed by atoms with Gasteiger partial charge in [0.1, 0.15) is 22.8 Å². The molecule has 11 heteroatoms. The van der Waals surface area contributed by atoms with Crippen molar-refractivity contribution in [2.75, 3.05) is 45.2 Å². The predicted molar refractivity (Wildman–Crippen MR) is 175 cm³/mol. The summed E-state index contributed by atoms with van der Waals surface area (Å²) in [5.74, 6) is -0.229. The number of anilines is 1. The van der Waals surface area contributed by atoms with Crippen molar-refractivity contribution < 1.29 is 14.3 Å². The van der Waals surface area contributed by atoms with E-state index in [2.05, 4.69) is 21.2 Å². The van der Waals surface area contributed by atoms with Gasteiger partial charge < -0.3 is 29.2 Å². The van der Waals surface area contributed by atoms with Crippen molar-refractivity contribution in [2.24, 2.45) is 0 Å². The molecule has 228 valence electrons. The van der Waals surface area contributed by atoms with Gasteiger partial charge in [-0.15, -0.1) is 0 Å². The molecule has 0 bridgehead atoms. The van der Waals surface area contributed by atoms with Crippen molar-refractivity contribution in [1.82, 2.24) is 24.3 Å². The number of aromatic nitrogens is 3. The Morgan fingerprint density at radius 2 is 1.98 bits per heavy atom. The number of nitrogens with zero attached hydrogens (tertiary/aromatic N) is 7. The third-order valence-electron chi connectivity index (χ3n) is 9.22. The quantitative estimate of drug-likeness (QED) is 0.187. The van der Waals surface area contributed by atoms with Gasteiger partial charge in [0.25, 0.3) is 0 Å². The molecule has 0 unspecified atom stereocenters. The van der Waals surface area contributed by atoms with Crippen molar-refractivity contribution in [3.05, 3.63) is 83.7 Å². The molecule has 0 radical (unpaired) electrons. The molecular weight excluding hydrogens is 593 g/mol. The average Bonchev–Trinajstić information content (AvgIpc) is 3.61. The van der Waals surface area contributed by atoms with Crippen LogP contribution in [0.1, 0.15) is 12.5 Å². The highest BCUT2D eigenvalue weighted by Crippen LogP contribution is 2.44. The second-order valence-corrected chi connectivity index (χ2v) is 12.5. The fourth-order valence-electron chi connectivity index (χ4n) is 6.81. The molecule has 1 N–H and O–H groups in total. The predicted octanol–water partition coefficient (Wildman–Crippen LogP) is 5.90. The van der Waals surface area contributed by atoms with Crippen LogP contribution in [0, 0.1) is 12.4 Å². The monoisotopic (exact) mass is 623 g/mol. The van der Waals surface area contributed by atoms with Gasteiger partial charge in [0, 0.05) is 36.6 Å². The third-order valence-corrected chi connectivity index (χ3v) is 9.52. The number of imidazole rings is 1. The van der Waals surface area contributed by atoms with E-state index in [1.165, 1.54) is 12.1 Å². The third kappa shape index (κ3) is 4.66. The van der Waals surface area contributed by atoms with Crippen LogP contribution in [0.5, 0.6) is 5.75 Å². The topological polar surface area (TPSA) is 82.1 Å². The Balaban J connectivity index is 1.46. The van der Waals surface area contributed by atoms with Crippen molar-refractivity contribution in [2.45, 2.75) is 24.5 Å². The number of phenolic OH excluding ortho intramolecular Hbond substituents is 1. The Bertz CT molecular complexity index is 2060. The smallest absolute Gasteiger partial charge is 0.246 e. The number of halogens is 2. The Hall–Kier alpha value is -4.72. The van der Waals surface area contributed by atoms with E-state index in [0.29, 0.717) is 59.9 Å². The first kappa shape index (κ1) is 29.0. The van der Waals surface area contributed by atoms with Gasteiger partial charge in [-0.05, 0) is 61.1 Å². The van der Waals surface area contributed by atoms with Crippen LogP contribution in [0.4, 0.5) is 10.2 Å². The van der Waals surface area contributed by atoms with Crippen molar-refractivity contribution in [3.8, 4) is 16.9 Å². The molecule has 2 saturated heterocycles. The summed E-state index contributed by atoms with van der Waals surface area (Å²) < 4.78 is 19.0. The minimum atomic E-state index is -0.588. The number of carbonyl (C=O) groups is 1. The molecule has 0 saturated carbocycles. The van der Waals surface area contributed by atoms with Crippen molar-refractivity contribution in [3.63, 3.8) is 0 Å². The molecule has 2 aliphatic heterocycles. The molecule has 2 aromatic heterocycles. The highest BCUT2D eigenvalue weighted by Gasteiger charge is 2.39. The standard InChI is InChI=1S/C34H31ClFN7O2/c1-5-28(45)42-17-21(11-20(42)14-37-2)43-18-38-32-33(43)26-13-27(35)29(25-12-23(44)10-19-8-6-7-9-24(19)25)30(36)31(26)39-34(32)41-15-22(16-41)40(3)4/h5-10,12-13,18,20-22,44H,1,11,14-17H2,3-4H3/t20-,21-/m1/s1. The number of hydrogen-bond donors (Lipinski definition) is 1. The number of likely N-dealkylation sites (N-methyl/N-ethyl adjacent to an activating group) is 1. The van der Waals surface area contributed by atoms with E-state index in [0.717, 1.165) is 10.8 Å². The summed E-state index contributed by atoms with van der Waals surface area (Å²) in [4.78, 5) is 31.9. The van der Waals surface area contributed by atoms with Gasteiger partial charge in [-0.3, -0.25) is 4.79 Å². The summed E-state index contributed by atoms with van der Waals surface area (Å²) in [6, 6.07) is 12.2. The van der Waals surface area contributed by atoms with E-state index >= 15 is 4.39 Å². The van der Waals surface area contributed by atoms with Crippen LogP contribution in [-0.4, -0.2) is 87.7 Å².